The van der Waals surface area contributed by atoms with Gasteiger partial charge >= 0.3 is 5.97 Å². The molecule has 7 heteroatoms. The molecule has 0 aliphatic rings. The van der Waals surface area contributed by atoms with Crippen molar-refractivity contribution < 1.29 is 34.1 Å². The van der Waals surface area contributed by atoms with E-state index in [2.05, 4.69) is 0 Å². The van der Waals surface area contributed by atoms with Crippen LogP contribution in [0.5, 0.6) is 17.2 Å². The van der Waals surface area contributed by atoms with Gasteiger partial charge in [0, 0.05) is 24.0 Å². The van der Waals surface area contributed by atoms with Gasteiger partial charge in [0.2, 0.25) is 0 Å². The van der Waals surface area contributed by atoms with E-state index in [1.807, 2.05) is 13.8 Å². The third kappa shape index (κ3) is 6.83. The summed E-state index contributed by atoms with van der Waals surface area (Å²) < 4.78 is 11.6. The first-order chi connectivity index (χ1) is 15.2. The number of phenolic OH excluding ortho intramolecular Hbond substituents is 1. The SMILES string of the molecule is CCCc1c(OCCCOc2ccc(C(=O)CCC(=O)O)cc2C)ccc(C(C)=O)c1O. The average Bonchev–Trinajstić information content (AvgIpc) is 2.74. The summed E-state index contributed by atoms with van der Waals surface area (Å²) in [4.78, 5) is 34.3. The van der Waals surface area contributed by atoms with Gasteiger partial charge in [-0.2, -0.15) is 0 Å². The topological polar surface area (TPSA) is 110 Å². The van der Waals surface area contributed by atoms with E-state index in [1.165, 1.54) is 6.92 Å². The van der Waals surface area contributed by atoms with E-state index in [4.69, 9.17) is 14.6 Å². The molecule has 0 fully saturated rings. The molecule has 0 aliphatic heterocycles. The van der Waals surface area contributed by atoms with Gasteiger partial charge in [-0.1, -0.05) is 13.3 Å². The molecule has 172 valence electrons. The monoisotopic (exact) mass is 442 g/mol. The second kappa shape index (κ2) is 11.9. The highest BCUT2D eigenvalue weighted by molar-refractivity contribution is 5.98. The van der Waals surface area contributed by atoms with Crippen molar-refractivity contribution in [1.82, 2.24) is 0 Å². The first-order valence-electron chi connectivity index (χ1n) is 10.7. The number of aryl methyl sites for hydroxylation is 1. The van der Waals surface area contributed by atoms with Crippen LogP contribution in [0.2, 0.25) is 0 Å². The van der Waals surface area contributed by atoms with E-state index in [0.717, 1.165) is 12.0 Å². The fourth-order valence-corrected chi connectivity index (χ4v) is 3.30. The first kappa shape index (κ1) is 24.9. The number of hydrogen-bond donors (Lipinski definition) is 2. The predicted molar refractivity (Wildman–Crippen MR) is 120 cm³/mol. The Balaban J connectivity index is 1.89. The van der Waals surface area contributed by atoms with Crippen LogP contribution in [0.3, 0.4) is 0 Å². The van der Waals surface area contributed by atoms with Gasteiger partial charge in [0.05, 0.1) is 25.2 Å². The predicted octanol–water partition coefficient (Wildman–Crippen LogP) is 4.75. The average molecular weight is 443 g/mol. The van der Waals surface area contributed by atoms with Crippen molar-refractivity contribution >= 4 is 17.5 Å². The third-order valence-corrected chi connectivity index (χ3v) is 4.99. The summed E-state index contributed by atoms with van der Waals surface area (Å²) in [6.07, 6.45) is 1.79. The van der Waals surface area contributed by atoms with Crippen LogP contribution in [0.4, 0.5) is 0 Å². The quantitative estimate of drug-likeness (QED) is 0.340. The van der Waals surface area contributed by atoms with Crippen LogP contribution < -0.4 is 9.47 Å². The first-order valence-corrected chi connectivity index (χ1v) is 10.7. The molecule has 2 N–H and O–H groups in total. The van der Waals surface area contributed by atoms with Gasteiger partial charge in [-0.3, -0.25) is 14.4 Å². The highest BCUT2D eigenvalue weighted by atomic mass is 16.5. The maximum Gasteiger partial charge on any atom is 0.303 e. The molecule has 0 saturated carbocycles. The fraction of sp³-hybridized carbons (Fsp3) is 0.400. The normalized spacial score (nSPS) is 10.6. The van der Waals surface area contributed by atoms with Crippen LogP contribution in [0.1, 0.15) is 71.4 Å². The Kier molecular flexibility index (Phi) is 9.25. The number of carbonyl (C=O) groups excluding carboxylic acids is 2. The van der Waals surface area contributed by atoms with Crippen LogP contribution in [0, 0.1) is 6.92 Å². The number of Topliss-reactive ketones (excluding diaryl/α,β-unsaturated/α-hetero) is 2. The largest absolute Gasteiger partial charge is 0.507 e. The number of aromatic hydroxyl groups is 1. The molecular formula is C25H30O7. The molecule has 0 aromatic heterocycles. The van der Waals surface area contributed by atoms with E-state index in [1.54, 1.807) is 30.3 Å². The van der Waals surface area contributed by atoms with Crippen molar-refractivity contribution in [2.24, 2.45) is 0 Å². The van der Waals surface area contributed by atoms with Crippen LogP contribution >= 0.6 is 0 Å². The van der Waals surface area contributed by atoms with Gasteiger partial charge in [-0.25, -0.2) is 0 Å². The van der Waals surface area contributed by atoms with E-state index in [9.17, 15) is 19.5 Å². The van der Waals surface area contributed by atoms with E-state index in [0.29, 0.717) is 54.2 Å². The summed E-state index contributed by atoms with van der Waals surface area (Å²) in [5, 5.41) is 19.1. The molecule has 0 atom stereocenters. The highest BCUT2D eigenvalue weighted by Crippen LogP contribution is 2.33. The zero-order chi connectivity index (χ0) is 23.7. The van der Waals surface area contributed by atoms with Gasteiger partial charge in [0.1, 0.15) is 17.2 Å². The molecule has 0 saturated heterocycles. The summed E-state index contributed by atoms with van der Waals surface area (Å²) in [7, 11) is 0. The van der Waals surface area contributed by atoms with Gasteiger partial charge < -0.3 is 19.7 Å². The van der Waals surface area contributed by atoms with Crippen LogP contribution in [0.15, 0.2) is 30.3 Å². The lowest BCUT2D eigenvalue weighted by atomic mass is 10.0. The number of ether oxygens (including phenoxy) is 2. The maximum atomic E-state index is 12.0. The lowest BCUT2D eigenvalue weighted by molar-refractivity contribution is -0.136. The van der Waals surface area contributed by atoms with Gasteiger partial charge in [-0.05, 0) is 56.2 Å². The van der Waals surface area contributed by atoms with E-state index in [-0.39, 0.29) is 30.2 Å². The minimum atomic E-state index is -0.996. The minimum absolute atomic E-state index is 0.0123. The molecule has 0 heterocycles. The Morgan fingerprint density at radius 3 is 2.22 bits per heavy atom. The van der Waals surface area contributed by atoms with Gasteiger partial charge in [-0.15, -0.1) is 0 Å². The minimum Gasteiger partial charge on any atom is -0.507 e. The number of rotatable bonds is 13. The molecule has 32 heavy (non-hydrogen) atoms. The van der Waals surface area contributed by atoms with Crippen molar-refractivity contribution in [3.63, 3.8) is 0 Å². The number of carboxylic acids is 1. The van der Waals surface area contributed by atoms with Crippen LogP contribution in [0.25, 0.3) is 0 Å². The number of carbonyl (C=O) groups is 3. The van der Waals surface area contributed by atoms with Crippen LogP contribution in [-0.4, -0.2) is 41.0 Å². The lowest BCUT2D eigenvalue weighted by Gasteiger charge is -2.15. The Labute approximate surface area is 188 Å². The van der Waals surface area contributed by atoms with Crippen molar-refractivity contribution in [3.8, 4) is 17.2 Å². The molecule has 0 radical (unpaired) electrons. The number of benzene rings is 2. The molecule has 0 bridgehead atoms. The number of ketones is 2. The summed E-state index contributed by atoms with van der Waals surface area (Å²) in [5.41, 5.74) is 2.20. The Hall–Kier alpha value is -3.35. The number of carboxylic acid groups (broad SMARTS) is 1. The number of aliphatic carboxylic acids is 1. The molecule has 7 nitrogen and oxygen atoms in total. The van der Waals surface area contributed by atoms with Crippen molar-refractivity contribution in [3.05, 3.63) is 52.6 Å². The van der Waals surface area contributed by atoms with Crippen molar-refractivity contribution in [2.45, 2.75) is 52.9 Å². The molecule has 0 amide bonds. The third-order valence-electron chi connectivity index (χ3n) is 4.99. The molecular weight excluding hydrogens is 412 g/mol. The summed E-state index contributed by atoms with van der Waals surface area (Å²) in [5.74, 6) is -0.197. The van der Waals surface area contributed by atoms with E-state index < -0.39 is 5.97 Å². The molecule has 0 unspecified atom stereocenters. The second-order valence-corrected chi connectivity index (χ2v) is 7.59. The smallest absolute Gasteiger partial charge is 0.303 e. The zero-order valence-corrected chi connectivity index (χ0v) is 18.8. The number of phenols is 1. The van der Waals surface area contributed by atoms with Gasteiger partial charge in [0.25, 0.3) is 0 Å². The summed E-state index contributed by atoms with van der Waals surface area (Å²) in [6.45, 7) is 6.01. The summed E-state index contributed by atoms with van der Waals surface area (Å²) in [6, 6.07) is 8.34. The molecule has 0 aliphatic carbocycles. The Morgan fingerprint density at radius 2 is 1.62 bits per heavy atom. The second-order valence-electron chi connectivity index (χ2n) is 7.59. The zero-order valence-electron chi connectivity index (χ0n) is 18.8. The fourth-order valence-electron chi connectivity index (χ4n) is 3.30. The molecule has 2 rings (SSSR count). The van der Waals surface area contributed by atoms with Crippen molar-refractivity contribution in [1.29, 1.82) is 0 Å². The van der Waals surface area contributed by atoms with Crippen molar-refractivity contribution in [2.75, 3.05) is 13.2 Å². The highest BCUT2D eigenvalue weighted by Gasteiger charge is 2.16. The summed E-state index contributed by atoms with van der Waals surface area (Å²) >= 11 is 0. The van der Waals surface area contributed by atoms with Crippen LogP contribution in [-0.2, 0) is 11.2 Å². The Morgan fingerprint density at radius 1 is 0.969 bits per heavy atom. The molecule has 2 aromatic carbocycles. The maximum absolute atomic E-state index is 12.0. The number of hydrogen-bond acceptors (Lipinski definition) is 6. The Bertz CT molecular complexity index is 978. The standard InChI is InChI=1S/C25H30O7/c1-4-6-20-23(11-8-19(17(3)26)25(20)30)32-14-5-13-31-22-10-7-18(15-16(22)2)21(27)9-12-24(28)29/h7-8,10-11,15,30H,4-6,9,12-14H2,1-3H3,(H,28,29). The molecule has 0 spiro atoms. The van der Waals surface area contributed by atoms with Gasteiger partial charge in [0.15, 0.2) is 11.6 Å². The lowest BCUT2D eigenvalue weighted by Crippen LogP contribution is -2.08. The van der Waals surface area contributed by atoms with E-state index >= 15 is 0 Å². The molecule has 2 aromatic rings.